The lowest BCUT2D eigenvalue weighted by molar-refractivity contribution is -0.139. The van der Waals surface area contributed by atoms with Gasteiger partial charge in [-0.1, -0.05) is 25.1 Å². The van der Waals surface area contributed by atoms with Gasteiger partial charge in [0.1, 0.15) is 6.04 Å². The third-order valence-electron chi connectivity index (χ3n) is 3.76. The zero-order valence-corrected chi connectivity index (χ0v) is 11.6. The number of nitrogens with zero attached hydrogens (tertiary/aromatic N) is 1. The minimum Gasteiger partial charge on any atom is -0.480 e. The van der Waals surface area contributed by atoms with E-state index in [2.05, 4.69) is 35.3 Å². The second kappa shape index (κ2) is 6.06. The number of carboxylic acids is 1. The molecule has 1 aliphatic rings. The Bertz CT molecular complexity index is 448. The topological polar surface area (TPSA) is 52.6 Å². The second-order valence-corrected chi connectivity index (χ2v) is 5.11. The molecule has 1 aromatic carbocycles. The first-order valence-electron chi connectivity index (χ1n) is 6.94. The number of anilines is 1. The number of para-hydroxylation sites is 1. The van der Waals surface area contributed by atoms with E-state index in [1.165, 1.54) is 11.3 Å². The molecule has 104 valence electrons. The van der Waals surface area contributed by atoms with Crippen LogP contribution in [0.2, 0.25) is 0 Å². The van der Waals surface area contributed by atoms with E-state index < -0.39 is 12.0 Å². The van der Waals surface area contributed by atoms with Crippen LogP contribution in [0.15, 0.2) is 24.3 Å². The molecule has 2 rings (SSSR count). The zero-order chi connectivity index (χ0) is 13.8. The summed E-state index contributed by atoms with van der Waals surface area (Å²) in [5.41, 5.74) is 2.63. The van der Waals surface area contributed by atoms with Crippen molar-refractivity contribution in [3.63, 3.8) is 0 Å². The van der Waals surface area contributed by atoms with Gasteiger partial charge in [0.2, 0.25) is 0 Å². The predicted molar refractivity (Wildman–Crippen MR) is 76.7 cm³/mol. The van der Waals surface area contributed by atoms with Crippen LogP contribution in [-0.4, -0.2) is 36.2 Å². The van der Waals surface area contributed by atoms with Gasteiger partial charge in [0, 0.05) is 18.3 Å². The smallest absolute Gasteiger partial charge is 0.320 e. The minimum atomic E-state index is -0.762. The first-order chi connectivity index (χ1) is 9.13. The number of hydrogen-bond donors (Lipinski definition) is 2. The number of aliphatic carboxylic acids is 1. The van der Waals surface area contributed by atoms with Gasteiger partial charge >= 0.3 is 5.97 Å². The van der Waals surface area contributed by atoms with Crippen LogP contribution in [-0.2, 0) is 11.2 Å². The van der Waals surface area contributed by atoms with Crippen LogP contribution in [0.25, 0.3) is 0 Å². The molecule has 0 saturated heterocycles. The summed E-state index contributed by atoms with van der Waals surface area (Å²) in [6.07, 6.45) is 1.68. The van der Waals surface area contributed by atoms with Crippen molar-refractivity contribution in [1.29, 1.82) is 0 Å². The molecule has 1 heterocycles. The minimum absolute atomic E-state index is 0.452. The summed E-state index contributed by atoms with van der Waals surface area (Å²) in [4.78, 5) is 13.5. The van der Waals surface area contributed by atoms with Gasteiger partial charge in [0.15, 0.2) is 0 Å². The summed E-state index contributed by atoms with van der Waals surface area (Å²) in [5.74, 6) is -0.762. The predicted octanol–water partition coefficient (Wildman–Crippen LogP) is 1.89. The molecular formula is C15H22N2O2. The third-order valence-corrected chi connectivity index (χ3v) is 3.76. The number of likely N-dealkylation sites (N-methyl/N-ethyl adjacent to an activating group) is 1. The number of hydrogen-bond acceptors (Lipinski definition) is 3. The first-order valence-corrected chi connectivity index (χ1v) is 6.94. The van der Waals surface area contributed by atoms with Crippen LogP contribution in [0, 0.1) is 0 Å². The molecule has 19 heavy (non-hydrogen) atoms. The van der Waals surface area contributed by atoms with Crippen LogP contribution in [0.3, 0.4) is 0 Å². The Kier molecular flexibility index (Phi) is 4.43. The molecule has 0 saturated carbocycles. The monoisotopic (exact) mass is 262 g/mol. The molecule has 4 heteroatoms. The fourth-order valence-electron chi connectivity index (χ4n) is 2.80. The van der Waals surface area contributed by atoms with E-state index >= 15 is 0 Å². The standard InChI is InChI=1S/C15H22N2O2/c1-3-16-13(15(18)19)8-9-17-11(2)10-12-6-4-5-7-14(12)17/h4-7,11,13,16H,3,8-10H2,1-2H3,(H,18,19). The molecule has 1 aromatic rings. The van der Waals surface area contributed by atoms with Crippen LogP contribution in [0.4, 0.5) is 5.69 Å². The van der Waals surface area contributed by atoms with Crippen LogP contribution >= 0.6 is 0 Å². The Balaban J connectivity index is 2.01. The normalized spacial score (nSPS) is 19.3. The van der Waals surface area contributed by atoms with Crippen molar-refractivity contribution in [2.24, 2.45) is 0 Å². The van der Waals surface area contributed by atoms with Gasteiger partial charge in [-0.3, -0.25) is 4.79 Å². The Hall–Kier alpha value is -1.55. The Morgan fingerprint density at radius 3 is 2.95 bits per heavy atom. The fraction of sp³-hybridized carbons (Fsp3) is 0.533. The number of nitrogens with one attached hydrogen (secondary N) is 1. The molecule has 0 aromatic heterocycles. The van der Waals surface area contributed by atoms with Crippen molar-refractivity contribution in [2.45, 2.75) is 38.8 Å². The Morgan fingerprint density at radius 1 is 1.53 bits per heavy atom. The number of carboxylic acid groups (broad SMARTS) is 1. The molecule has 1 aliphatic heterocycles. The number of carbonyl (C=O) groups is 1. The highest BCUT2D eigenvalue weighted by molar-refractivity contribution is 5.73. The van der Waals surface area contributed by atoms with Crippen molar-refractivity contribution in [2.75, 3.05) is 18.0 Å². The summed E-state index contributed by atoms with van der Waals surface area (Å²) in [6.45, 7) is 5.60. The summed E-state index contributed by atoms with van der Waals surface area (Å²) < 4.78 is 0. The van der Waals surface area contributed by atoms with E-state index in [9.17, 15) is 4.79 Å². The first kappa shape index (κ1) is 13.9. The molecular weight excluding hydrogens is 240 g/mol. The molecule has 0 fully saturated rings. The highest BCUT2D eigenvalue weighted by Gasteiger charge is 2.26. The van der Waals surface area contributed by atoms with Crippen LogP contribution in [0.5, 0.6) is 0 Å². The molecule has 4 nitrogen and oxygen atoms in total. The summed E-state index contributed by atoms with van der Waals surface area (Å²) in [6, 6.07) is 8.39. The van der Waals surface area contributed by atoms with Gasteiger partial charge in [-0.25, -0.2) is 0 Å². The van der Waals surface area contributed by atoms with Crippen molar-refractivity contribution in [1.82, 2.24) is 5.32 Å². The maximum atomic E-state index is 11.1. The highest BCUT2D eigenvalue weighted by Crippen LogP contribution is 2.31. The molecule has 0 radical (unpaired) electrons. The zero-order valence-electron chi connectivity index (χ0n) is 11.6. The molecule has 2 atom stereocenters. The van der Waals surface area contributed by atoms with Crippen LogP contribution in [0.1, 0.15) is 25.8 Å². The van der Waals surface area contributed by atoms with E-state index in [1.807, 2.05) is 13.0 Å². The van der Waals surface area contributed by atoms with Crippen molar-refractivity contribution in [3.8, 4) is 0 Å². The van der Waals surface area contributed by atoms with Gasteiger partial charge in [0.05, 0.1) is 0 Å². The van der Waals surface area contributed by atoms with Gasteiger partial charge in [0.25, 0.3) is 0 Å². The lowest BCUT2D eigenvalue weighted by Gasteiger charge is -2.26. The van der Waals surface area contributed by atoms with E-state index in [4.69, 9.17) is 5.11 Å². The number of rotatable bonds is 6. The molecule has 2 unspecified atom stereocenters. The number of fused-ring (bicyclic) bond motifs is 1. The third kappa shape index (κ3) is 3.07. The van der Waals surface area contributed by atoms with E-state index in [1.54, 1.807) is 0 Å². The maximum Gasteiger partial charge on any atom is 0.320 e. The van der Waals surface area contributed by atoms with Gasteiger partial charge in [-0.2, -0.15) is 0 Å². The molecule has 0 amide bonds. The molecule has 0 spiro atoms. The summed E-state index contributed by atoms with van der Waals surface area (Å²) in [7, 11) is 0. The highest BCUT2D eigenvalue weighted by atomic mass is 16.4. The number of benzene rings is 1. The lowest BCUT2D eigenvalue weighted by Crippen LogP contribution is -2.41. The average molecular weight is 262 g/mol. The Morgan fingerprint density at radius 2 is 2.26 bits per heavy atom. The second-order valence-electron chi connectivity index (χ2n) is 5.11. The van der Waals surface area contributed by atoms with Gasteiger partial charge in [-0.05, 0) is 37.9 Å². The fourth-order valence-corrected chi connectivity index (χ4v) is 2.80. The quantitative estimate of drug-likeness (QED) is 0.822. The van der Waals surface area contributed by atoms with E-state index in [0.717, 1.165) is 13.0 Å². The van der Waals surface area contributed by atoms with Crippen molar-refractivity contribution in [3.05, 3.63) is 29.8 Å². The van der Waals surface area contributed by atoms with E-state index in [-0.39, 0.29) is 0 Å². The largest absolute Gasteiger partial charge is 0.480 e. The summed E-state index contributed by atoms with van der Waals surface area (Å²) in [5, 5.41) is 12.2. The van der Waals surface area contributed by atoms with Gasteiger partial charge in [-0.15, -0.1) is 0 Å². The van der Waals surface area contributed by atoms with Crippen LogP contribution < -0.4 is 10.2 Å². The van der Waals surface area contributed by atoms with E-state index in [0.29, 0.717) is 19.0 Å². The SMILES string of the molecule is CCNC(CCN1c2ccccc2CC1C)C(=O)O. The van der Waals surface area contributed by atoms with Gasteiger partial charge < -0.3 is 15.3 Å². The maximum absolute atomic E-state index is 11.1. The average Bonchev–Trinajstić information content (AvgIpc) is 2.70. The molecule has 0 aliphatic carbocycles. The lowest BCUT2D eigenvalue weighted by atomic mass is 10.1. The summed E-state index contributed by atoms with van der Waals surface area (Å²) >= 11 is 0. The molecule has 2 N–H and O–H groups in total. The van der Waals surface area contributed by atoms with Crippen molar-refractivity contribution < 1.29 is 9.90 Å². The Labute approximate surface area is 114 Å². The molecule has 0 bridgehead atoms. The van der Waals surface area contributed by atoms with Crippen molar-refractivity contribution >= 4 is 11.7 Å².